The minimum atomic E-state index is -4.84. The van der Waals surface area contributed by atoms with Crippen LogP contribution in [0.2, 0.25) is 0 Å². The first kappa shape index (κ1) is 21.9. The van der Waals surface area contributed by atoms with Crippen molar-refractivity contribution in [1.29, 1.82) is 0 Å². The normalized spacial score (nSPS) is 34.2. The van der Waals surface area contributed by atoms with Gasteiger partial charge in [0.2, 0.25) is 0 Å². The van der Waals surface area contributed by atoms with Crippen molar-refractivity contribution in [3.8, 4) is 0 Å². The van der Waals surface area contributed by atoms with Gasteiger partial charge >= 0.3 is 12.4 Å². The lowest BCUT2D eigenvalue weighted by Gasteiger charge is -2.38. The van der Waals surface area contributed by atoms with Crippen LogP contribution in [0.15, 0.2) is 47.6 Å². The lowest BCUT2D eigenvalue weighted by molar-refractivity contribution is -0.101. The third-order valence-electron chi connectivity index (χ3n) is 7.57. The van der Waals surface area contributed by atoms with Crippen LogP contribution in [0.4, 0.5) is 30.7 Å². The van der Waals surface area contributed by atoms with Crippen LogP contribution in [0.5, 0.6) is 0 Å². The number of nitrogens with one attached hydrogen (secondary N) is 1. The van der Waals surface area contributed by atoms with E-state index in [9.17, 15) is 30.7 Å². The number of rotatable bonds is 3. The fourth-order valence-electron chi connectivity index (χ4n) is 5.86. The molecule has 4 atom stereocenters. The van der Waals surface area contributed by atoms with Crippen LogP contribution in [0.25, 0.3) is 0 Å². The molecule has 32 heavy (non-hydrogen) atoms. The molecule has 3 fully saturated rings. The summed E-state index contributed by atoms with van der Waals surface area (Å²) >= 11 is 0. The lowest BCUT2D eigenvalue weighted by atomic mass is 9.74. The minimum Gasteiger partial charge on any atom is -0.371 e. The first-order valence-corrected chi connectivity index (χ1v) is 10.7. The van der Waals surface area contributed by atoms with Crippen molar-refractivity contribution in [2.45, 2.75) is 49.7 Å². The highest BCUT2D eigenvalue weighted by atomic mass is 19.4. The predicted octanol–water partition coefficient (Wildman–Crippen LogP) is 6.02. The van der Waals surface area contributed by atoms with Gasteiger partial charge in [-0.2, -0.15) is 26.3 Å². The molecule has 0 amide bonds. The van der Waals surface area contributed by atoms with E-state index in [4.69, 9.17) is 4.74 Å². The maximum absolute atomic E-state index is 13.4. The molecule has 0 radical (unpaired) electrons. The number of hydrogen-bond donors (Lipinski definition) is 1. The highest BCUT2D eigenvalue weighted by molar-refractivity contribution is 5.39. The molecule has 1 unspecified atom stereocenters. The van der Waals surface area contributed by atoms with Crippen molar-refractivity contribution in [2.75, 3.05) is 13.2 Å². The van der Waals surface area contributed by atoms with Crippen LogP contribution in [-0.2, 0) is 4.74 Å². The van der Waals surface area contributed by atoms with Crippen molar-refractivity contribution < 1.29 is 35.5 Å². The Kier molecular flexibility index (Phi) is 4.84. The topological polar surface area (TPSA) is 21.3 Å². The number of alkyl halides is 6. The summed E-state index contributed by atoms with van der Waals surface area (Å²) in [5.41, 5.74) is -2.90. The summed E-state index contributed by atoms with van der Waals surface area (Å²) in [7, 11) is 0. The van der Waals surface area contributed by atoms with Crippen LogP contribution in [0.3, 0.4) is 0 Å². The van der Waals surface area contributed by atoms with Crippen molar-refractivity contribution >= 4 is 0 Å². The first-order chi connectivity index (χ1) is 15.0. The second-order valence-electron chi connectivity index (χ2n) is 9.33. The van der Waals surface area contributed by atoms with Gasteiger partial charge in [-0.05, 0) is 66.7 Å². The minimum absolute atomic E-state index is 0.166. The average molecular weight is 461 g/mol. The van der Waals surface area contributed by atoms with Gasteiger partial charge in [-0.1, -0.05) is 18.2 Å². The summed E-state index contributed by atoms with van der Waals surface area (Å²) in [5, 5.41) is 3.37. The molecule has 0 aromatic heterocycles. The molecule has 1 heterocycles. The summed E-state index contributed by atoms with van der Waals surface area (Å²) in [6.07, 6.45) is -7.17. The van der Waals surface area contributed by atoms with E-state index < -0.39 is 46.9 Å². The highest BCUT2D eigenvalue weighted by Crippen LogP contribution is 2.74. The molecule has 1 N–H and O–H groups in total. The Balaban J connectivity index is 1.46. The molecule has 1 saturated heterocycles. The second kappa shape index (κ2) is 7.06. The van der Waals surface area contributed by atoms with Crippen molar-refractivity contribution in [2.24, 2.45) is 17.3 Å². The number of ether oxygens (including phenoxy) is 1. The molecular weight excluding hydrogens is 439 g/mol. The molecule has 1 aromatic rings. The quantitative estimate of drug-likeness (QED) is 0.556. The van der Waals surface area contributed by atoms with E-state index in [1.165, 1.54) is 12.1 Å². The third-order valence-corrected chi connectivity index (χ3v) is 7.57. The van der Waals surface area contributed by atoms with Crippen molar-refractivity contribution in [1.82, 2.24) is 5.32 Å². The number of morpholine rings is 1. The van der Waals surface area contributed by atoms with Gasteiger partial charge in [0.15, 0.2) is 0 Å². The summed E-state index contributed by atoms with van der Waals surface area (Å²) in [4.78, 5) is 0. The Hall–Kier alpha value is -1.87. The van der Waals surface area contributed by atoms with E-state index in [0.29, 0.717) is 32.4 Å². The largest absolute Gasteiger partial charge is 0.416 e. The Morgan fingerprint density at radius 3 is 2.25 bits per heavy atom. The van der Waals surface area contributed by atoms with E-state index in [-0.39, 0.29) is 23.9 Å². The molecule has 5 rings (SSSR count). The molecule has 9 heteroatoms. The zero-order valence-electron chi connectivity index (χ0n) is 17.0. The van der Waals surface area contributed by atoms with E-state index in [1.807, 2.05) is 0 Å². The Labute approximate surface area is 180 Å². The first-order valence-electron chi connectivity index (χ1n) is 10.7. The highest BCUT2D eigenvalue weighted by Gasteiger charge is 2.73. The van der Waals surface area contributed by atoms with Gasteiger partial charge in [-0.25, -0.2) is 4.39 Å². The van der Waals surface area contributed by atoms with E-state index >= 15 is 0 Å². The lowest BCUT2D eigenvalue weighted by Crippen LogP contribution is -2.46. The number of halogens is 7. The van der Waals surface area contributed by atoms with Crippen molar-refractivity contribution in [3.05, 3.63) is 58.9 Å². The maximum Gasteiger partial charge on any atom is 0.416 e. The predicted molar refractivity (Wildman–Crippen MR) is 102 cm³/mol. The smallest absolute Gasteiger partial charge is 0.371 e. The van der Waals surface area contributed by atoms with Crippen LogP contribution in [0, 0.1) is 23.1 Å². The molecular formula is C23H22F7NO. The fraction of sp³-hybridized carbons (Fsp3) is 0.565. The number of allylic oxidation sites excluding steroid dienone is 4. The van der Waals surface area contributed by atoms with E-state index in [0.717, 1.165) is 11.6 Å². The summed E-state index contributed by atoms with van der Waals surface area (Å²) in [6, 6.07) is 5.68. The Morgan fingerprint density at radius 2 is 1.66 bits per heavy atom. The number of hydrogen-bond acceptors (Lipinski definition) is 2. The third kappa shape index (κ3) is 3.57. The Morgan fingerprint density at radius 1 is 0.969 bits per heavy atom. The van der Waals surface area contributed by atoms with Crippen molar-refractivity contribution in [3.63, 3.8) is 0 Å². The standard InChI is InChI=1S/C23H22F7NO/c24-17-3-1-13(2-4-17)19-21(32-8-7-31-19)12-18(21)20(5-6-20)14-9-15(22(25,26)27)11-16(10-14)23(28,29)30/h1-4,9,11,14,18-19,31H,5-8,10,12H2/t14?,18-,19-,21+/m1/s1. The van der Waals surface area contributed by atoms with Crippen LogP contribution < -0.4 is 5.32 Å². The zero-order chi connectivity index (χ0) is 22.9. The maximum atomic E-state index is 13.4. The van der Waals surface area contributed by atoms with Gasteiger partial charge in [-0.3, -0.25) is 0 Å². The average Bonchev–Trinajstić information content (AvgIpc) is 3.64. The molecule has 1 spiro atoms. The van der Waals surface area contributed by atoms with Crippen LogP contribution in [-0.4, -0.2) is 31.1 Å². The Bertz CT molecular complexity index is 958. The molecule has 174 valence electrons. The SMILES string of the molecule is Fc1ccc([C@H]2NCCO[C@]23C[C@@H]3C2(C3C=C(C(F)(F)F)C=C(C(F)(F)F)C3)CC2)cc1. The van der Waals surface area contributed by atoms with Gasteiger partial charge in [0.1, 0.15) is 5.82 Å². The van der Waals surface area contributed by atoms with E-state index in [2.05, 4.69) is 5.32 Å². The van der Waals surface area contributed by atoms with Crippen LogP contribution >= 0.6 is 0 Å². The van der Waals surface area contributed by atoms with E-state index in [1.54, 1.807) is 12.1 Å². The van der Waals surface area contributed by atoms with Gasteiger partial charge in [0.05, 0.1) is 23.8 Å². The van der Waals surface area contributed by atoms with Gasteiger partial charge in [-0.15, -0.1) is 0 Å². The molecule has 2 nitrogen and oxygen atoms in total. The van der Waals surface area contributed by atoms with Gasteiger partial charge in [0, 0.05) is 12.1 Å². The van der Waals surface area contributed by atoms with Crippen LogP contribution in [0.1, 0.15) is 37.3 Å². The fourth-order valence-corrected chi connectivity index (χ4v) is 5.86. The zero-order valence-corrected chi connectivity index (χ0v) is 17.0. The second-order valence-corrected chi connectivity index (χ2v) is 9.33. The molecule has 0 bridgehead atoms. The molecule has 4 aliphatic rings. The summed E-state index contributed by atoms with van der Waals surface area (Å²) in [5.74, 6) is -1.41. The number of benzene rings is 1. The summed E-state index contributed by atoms with van der Waals surface area (Å²) < 4.78 is 100. The molecule has 2 saturated carbocycles. The molecule has 1 aliphatic heterocycles. The molecule has 1 aromatic carbocycles. The summed E-state index contributed by atoms with van der Waals surface area (Å²) in [6.45, 7) is 0.971. The molecule has 3 aliphatic carbocycles. The van der Waals surface area contributed by atoms with Gasteiger partial charge in [0.25, 0.3) is 0 Å². The van der Waals surface area contributed by atoms with Gasteiger partial charge < -0.3 is 10.1 Å². The monoisotopic (exact) mass is 461 g/mol.